The summed E-state index contributed by atoms with van der Waals surface area (Å²) in [6.07, 6.45) is 2.13. The SMILES string of the molecule is CC(C)=CCc1c(O)cc(O)c2c(=O)c(O)c(-c3ccc(O)cc3)oc12. The van der Waals surface area contributed by atoms with Crippen LogP contribution in [0.5, 0.6) is 23.0 Å². The number of benzene rings is 2. The van der Waals surface area contributed by atoms with Crippen molar-refractivity contribution in [1.29, 1.82) is 0 Å². The molecule has 0 fully saturated rings. The summed E-state index contributed by atoms with van der Waals surface area (Å²) in [6, 6.07) is 6.81. The fourth-order valence-corrected chi connectivity index (χ4v) is 2.69. The summed E-state index contributed by atoms with van der Waals surface area (Å²) in [5.74, 6) is -1.42. The third-order valence-electron chi connectivity index (χ3n) is 4.05. The van der Waals surface area contributed by atoms with E-state index in [9.17, 15) is 25.2 Å². The van der Waals surface area contributed by atoms with E-state index in [0.717, 1.165) is 11.6 Å². The van der Waals surface area contributed by atoms with Crippen molar-refractivity contribution < 1.29 is 24.8 Å². The zero-order valence-electron chi connectivity index (χ0n) is 14.3. The van der Waals surface area contributed by atoms with Gasteiger partial charge < -0.3 is 24.8 Å². The highest BCUT2D eigenvalue weighted by Gasteiger charge is 2.22. The maximum Gasteiger partial charge on any atom is 0.238 e. The molecule has 0 unspecified atom stereocenters. The predicted molar refractivity (Wildman–Crippen MR) is 97.7 cm³/mol. The number of aromatic hydroxyl groups is 4. The van der Waals surface area contributed by atoms with Gasteiger partial charge in [-0.25, -0.2) is 0 Å². The van der Waals surface area contributed by atoms with Gasteiger partial charge in [-0.05, 0) is 44.5 Å². The Morgan fingerprint density at radius 1 is 1.04 bits per heavy atom. The Morgan fingerprint density at radius 2 is 1.69 bits per heavy atom. The molecule has 3 rings (SSSR count). The zero-order chi connectivity index (χ0) is 19.0. The van der Waals surface area contributed by atoms with E-state index in [-0.39, 0.29) is 34.6 Å². The molecule has 0 saturated heterocycles. The Labute approximate surface area is 148 Å². The van der Waals surface area contributed by atoms with Crippen LogP contribution in [0.3, 0.4) is 0 Å². The minimum atomic E-state index is -0.801. The lowest BCUT2D eigenvalue weighted by molar-refractivity contribution is 0.435. The number of fused-ring (bicyclic) bond motifs is 1. The van der Waals surface area contributed by atoms with E-state index in [4.69, 9.17) is 4.42 Å². The monoisotopic (exact) mass is 354 g/mol. The van der Waals surface area contributed by atoms with Crippen molar-refractivity contribution in [3.8, 4) is 34.3 Å². The molecule has 0 aliphatic rings. The van der Waals surface area contributed by atoms with Crippen LogP contribution in [-0.4, -0.2) is 20.4 Å². The highest BCUT2D eigenvalue weighted by molar-refractivity contribution is 5.91. The number of allylic oxidation sites excluding steroid dienone is 2. The third kappa shape index (κ3) is 2.97. The minimum Gasteiger partial charge on any atom is -0.508 e. The van der Waals surface area contributed by atoms with Gasteiger partial charge in [0.25, 0.3) is 0 Å². The first kappa shape index (κ1) is 17.4. The smallest absolute Gasteiger partial charge is 0.238 e. The Morgan fingerprint density at radius 3 is 2.31 bits per heavy atom. The van der Waals surface area contributed by atoms with Crippen molar-refractivity contribution >= 4 is 11.0 Å². The molecule has 0 spiro atoms. The van der Waals surface area contributed by atoms with E-state index < -0.39 is 16.9 Å². The second-order valence-corrected chi connectivity index (χ2v) is 6.24. The fraction of sp³-hybridized carbons (Fsp3) is 0.150. The topological polar surface area (TPSA) is 111 Å². The van der Waals surface area contributed by atoms with Crippen LogP contribution in [0.2, 0.25) is 0 Å². The highest BCUT2D eigenvalue weighted by Crippen LogP contribution is 2.38. The summed E-state index contributed by atoms with van der Waals surface area (Å²) in [5.41, 5.74) is 0.910. The minimum absolute atomic E-state index is 0.00544. The van der Waals surface area contributed by atoms with E-state index in [1.807, 2.05) is 19.9 Å². The second kappa shape index (κ2) is 6.48. The maximum atomic E-state index is 12.6. The largest absolute Gasteiger partial charge is 0.508 e. The molecule has 2 aromatic carbocycles. The molecule has 4 N–H and O–H groups in total. The summed E-state index contributed by atoms with van der Waals surface area (Å²) in [4.78, 5) is 12.6. The van der Waals surface area contributed by atoms with Crippen LogP contribution in [0.1, 0.15) is 19.4 Å². The lowest BCUT2D eigenvalue weighted by atomic mass is 10.0. The van der Waals surface area contributed by atoms with Crippen LogP contribution in [-0.2, 0) is 6.42 Å². The van der Waals surface area contributed by atoms with Gasteiger partial charge in [0.15, 0.2) is 5.76 Å². The van der Waals surface area contributed by atoms with Gasteiger partial charge in [-0.1, -0.05) is 11.6 Å². The molecule has 1 heterocycles. The van der Waals surface area contributed by atoms with Gasteiger partial charge in [0, 0.05) is 17.2 Å². The number of rotatable bonds is 3. The van der Waals surface area contributed by atoms with Gasteiger partial charge in [-0.15, -0.1) is 0 Å². The van der Waals surface area contributed by atoms with Crippen molar-refractivity contribution in [2.45, 2.75) is 20.3 Å². The molecule has 0 aliphatic carbocycles. The first-order chi connectivity index (χ1) is 12.3. The van der Waals surface area contributed by atoms with Gasteiger partial charge in [0.1, 0.15) is 28.2 Å². The van der Waals surface area contributed by atoms with Gasteiger partial charge in [-0.2, -0.15) is 0 Å². The first-order valence-corrected chi connectivity index (χ1v) is 7.96. The normalized spacial score (nSPS) is 10.8. The third-order valence-corrected chi connectivity index (χ3v) is 4.05. The van der Waals surface area contributed by atoms with Gasteiger partial charge in [0.2, 0.25) is 11.2 Å². The van der Waals surface area contributed by atoms with E-state index in [1.54, 1.807) is 0 Å². The van der Waals surface area contributed by atoms with E-state index in [0.29, 0.717) is 11.1 Å². The summed E-state index contributed by atoms with van der Waals surface area (Å²) >= 11 is 0. The Hall–Kier alpha value is -3.41. The summed E-state index contributed by atoms with van der Waals surface area (Å²) in [7, 11) is 0. The van der Waals surface area contributed by atoms with Crippen molar-refractivity contribution in [3.63, 3.8) is 0 Å². The molecule has 0 atom stereocenters. The van der Waals surface area contributed by atoms with Crippen molar-refractivity contribution in [1.82, 2.24) is 0 Å². The highest BCUT2D eigenvalue weighted by atomic mass is 16.4. The molecule has 6 nitrogen and oxygen atoms in total. The standard InChI is InChI=1S/C20H18O6/c1-10(2)3-8-13-14(22)9-15(23)16-17(24)18(25)19(26-20(13)16)11-4-6-12(21)7-5-11/h3-7,9,21-23,25H,8H2,1-2H3. The van der Waals surface area contributed by atoms with Gasteiger partial charge >= 0.3 is 0 Å². The van der Waals surface area contributed by atoms with E-state index in [2.05, 4.69) is 0 Å². The molecule has 1 aromatic heterocycles. The van der Waals surface area contributed by atoms with Crippen LogP contribution >= 0.6 is 0 Å². The lowest BCUT2D eigenvalue weighted by Crippen LogP contribution is -2.04. The Bertz CT molecular complexity index is 1070. The maximum absolute atomic E-state index is 12.6. The number of hydrogen-bond donors (Lipinski definition) is 4. The van der Waals surface area contributed by atoms with E-state index in [1.165, 1.54) is 24.3 Å². The number of hydrogen-bond acceptors (Lipinski definition) is 6. The molecular formula is C20H18O6. The van der Waals surface area contributed by atoms with E-state index >= 15 is 0 Å². The van der Waals surface area contributed by atoms with Gasteiger partial charge in [0.05, 0.1) is 0 Å². The van der Waals surface area contributed by atoms with Crippen LogP contribution in [0.4, 0.5) is 0 Å². The predicted octanol–water partition coefficient (Wildman–Crippen LogP) is 3.79. The number of phenolic OH excluding ortho intramolecular Hbond substituents is 3. The van der Waals surface area contributed by atoms with Crippen molar-refractivity contribution in [2.75, 3.05) is 0 Å². The van der Waals surface area contributed by atoms with Crippen molar-refractivity contribution in [2.24, 2.45) is 0 Å². The summed E-state index contributed by atoms with van der Waals surface area (Å²) < 4.78 is 5.74. The molecule has 6 heteroatoms. The first-order valence-electron chi connectivity index (χ1n) is 7.96. The second-order valence-electron chi connectivity index (χ2n) is 6.24. The Kier molecular flexibility index (Phi) is 4.34. The van der Waals surface area contributed by atoms with Crippen LogP contribution < -0.4 is 5.43 Å². The molecule has 0 bridgehead atoms. The van der Waals surface area contributed by atoms with Crippen LogP contribution in [0.25, 0.3) is 22.3 Å². The molecule has 0 radical (unpaired) electrons. The quantitative estimate of drug-likeness (QED) is 0.533. The average molecular weight is 354 g/mol. The zero-order valence-corrected chi connectivity index (χ0v) is 14.3. The molecule has 0 amide bonds. The summed E-state index contributed by atoms with van der Waals surface area (Å²) in [6.45, 7) is 3.78. The van der Waals surface area contributed by atoms with Gasteiger partial charge in [-0.3, -0.25) is 4.79 Å². The average Bonchev–Trinajstić information content (AvgIpc) is 2.57. The molecule has 0 aliphatic heterocycles. The number of phenols is 3. The molecule has 0 saturated carbocycles. The van der Waals surface area contributed by atoms with Crippen LogP contribution in [0, 0.1) is 0 Å². The lowest BCUT2D eigenvalue weighted by Gasteiger charge is -2.11. The Balaban J connectivity index is 2.37. The molecule has 3 aromatic rings. The molecule has 134 valence electrons. The van der Waals surface area contributed by atoms with Crippen LogP contribution in [0.15, 0.2) is 51.2 Å². The van der Waals surface area contributed by atoms with Crippen molar-refractivity contribution in [3.05, 3.63) is 57.8 Å². The summed E-state index contributed by atoms with van der Waals surface area (Å²) in [5, 5.41) is 39.8. The fourth-order valence-electron chi connectivity index (χ4n) is 2.69. The molecule has 26 heavy (non-hydrogen) atoms. The molecular weight excluding hydrogens is 336 g/mol.